The minimum absolute atomic E-state index is 0.126. The number of hydrogen-bond acceptors (Lipinski definition) is 3. The lowest BCUT2D eigenvalue weighted by molar-refractivity contribution is -0.120. The molecule has 2 aliphatic carbocycles. The van der Waals surface area contributed by atoms with E-state index in [2.05, 4.69) is 26.8 Å². The van der Waals surface area contributed by atoms with Crippen molar-refractivity contribution in [1.82, 2.24) is 10.6 Å². The molecule has 5 heteroatoms. The lowest BCUT2D eigenvalue weighted by Gasteiger charge is -2.29. The molecular weight excluding hydrogens is 355 g/mol. The fourth-order valence-corrected chi connectivity index (χ4v) is 5.07. The van der Waals surface area contributed by atoms with Crippen LogP contribution in [0.5, 0.6) is 5.75 Å². The standard InChI is InChI=1S/C22H33N2O2P/c1-22(16-6-9-23-10-7-16)14-17(22)8-11-26-19-5-2-15(20(27)13-19)12-21(25)24-18-3-4-18/h2,5,13,16-18,23H,3-4,6-12,14,27H2,1H3,(H,24,25). The number of carbonyl (C=O) groups excluding carboxylic acids is 1. The van der Waals surface area contributed by atoms with E-state index in [9.17, 15) is 4.79 Å². The van der Waals surface area contributed by atoms with Crippen LogP contribution >= 0.6 is 9.24 Å². The number of amides is 1. The number of hydrogen-bond donors (Lipinski definition) is 2. The van der Waals surface area contributed by atoms with Crippen molar-refractivity contribution in [3.63, 3.8) is 0 Å². The van der Waals surface area contributed by atoms with Crippen molar-refractivity contribution in [3.05, 3.63) is 23.8 Å². The maximum absolute atomic E-state index is 12.0. The van der Waals surface area contributed by atoms with Crippen LogP contribution in [0.4, 0.5) is 0 Å². The van der Waals surface area contributed by atoms with Gasteiger partial charge in [-0.05, 0) is 91.9 Å². The summed E-state index contributed by atoms with van der Waals surface area (Å²) in [5.74, 6) is 2.75. The molecular formula is C22H33N2O2P. The van der Waals surface area contributed by atoms with Gasteiger partial charge in [0.2, 0.25) is 5.91 Å². The first-order chi connectivity index (χ1) is 13.0. The largest absolute Gasteiger partial charge is 0.494 e. The Bertz CT molecular complexity index is 685. The minimum Gasteiger partial charge on any atom is -0.494 e. The summed E-state index contributed by atoms with van der Waals surface area (Å²) in [6, 6.07) is 6.50. The first-order valence-electron chi connectivity index (χ1n) is 10.6. The first-order valence-corrected chi connectivity index (χ1v) is 11.1. The van der Waals surface area contributed by atoms with E-state index in [4.69, 9.17) is 4.74 Å². The third kappa shape index (κ3) is 4.84. The molecule has 148 valence electrons. The Morgan fingerprint density at radius 1 is 1.30 bits per heavy atom. The van der Waals surface area contributed by atoms with E-state index in [-0.39, 0.29) is 5.91 Å². The van der Waals surface area contributed by atoms with Crippen molar-refractivity contribution >= 4 is 20.5 Å². The Kier molecular flexibility index (Phi) is 5.75. The van der Waals surface area contributed by atoms with Crippen LogP contribution in [0.3, 0.4) is 0 Å². The maximum atomic E-state index is 12.0. The van der Waals surface area contributed by atoms with Gasteiger partial charge in [-0.1, -0.05) is 13.0 Å². The van der Waals surface area contributed by atoms with E-state index < -0.39 is 0 Å². The van der Waals surface area contributed by atoms with E-state index in [1.807, 2.05) is 18.2 Å². The van der Waals surface area contributed by atoms with Crippen LogP contribution in [0.2, 0.25) is 0 Å². The lowest BCUT2D eigenvalue weighted by atomic mass is 9.81. The monoisotopic (exact) mass is 388 g/mol. The fraction of sp³-hybridized carbons (Fsp3) is 0.682. The Hall–Kier alpha value is -1.12. The van der Waals surface area contributed by atoms with Gasteiger partial charge in [-0.15, -0.1) is 9.24 Å². The smallest absolute Gasteiger partial charge is 0.224 e. The normalized spacial score (nSPS) is 28.0. The van der Waals surface area contributed by atoms with Crippen LogP contribution in [-0.4, -0.2) is 31.6 Å². The van der Waals surface area contributed by atoms with Crippen molar-refractivity contribution in [2.75, 3.05) is 19.7 Å². The second-order valence-electron chi connectivity index (χ2n) is 8.95. The first kappa shape index (κ1) is 19.2. The summed E-state index contributed by atoms with van der Waals surface area (Å²) in [5, 5.41) is 7.58. The van der Waals surface area contributed by atoms with Crippen LogP contribution in [0.25, 0.3) is 0 Å². The molecule has 1 aliphatic heterocycles. The van der Waals surface area contributed by atoms with Crippen molar-refractivity contribution in [2.45, 2.75) is 57.9 Å². The van der Waals surface area contributed by atoms with Crippen LogP contribution in [-0.2, 0) is 11.2 Å². The zero-order chi connectivity index (χ0) is 18.9. The van der Waals surface area contributed by atoms with Crippen LogP contribution in [0.1, 0.15) is 51.0 Å². The number of carbonyl (C=O) groups is 1. The summed E-state index contributed by atoms with van der Waals surface area (Å²) in [6.07, 6.45) is 7.89. The molecule has 4 rings (SSSR count). The summed E-state index contributed by atoms with van der Waals surface area (Å²) < 4.78 is 6.03. The second-order valence-corrected chi connectivity index (χ2v) is 9.57. The lowest BCUT2D eigenvalue weighted by Crippen LogP contribution is -2.32. The third-order valence-electron chi connectivity index (χ3n) is 6.88. The van der Waals surface area contributed by atoms with Gasteiger partial charge in [0.25, 0.3) is 0 Å². The Morgan fingerprint density at radius 2 is 2.07 bits per heavy atom. The number of nitrogens with one attached hydrogen (secondary N) is 2. The van der Waals surface area contributed by atoms with Crippen molar-refractivity contribution < 1.29 is 9.53 Å². The molecule has 3 fully saturated rings. The molecule has 27 heavy (non-hydrogen) atoms. The van der Waals surface area contributed by atoms with E-state index in [1.165, 1.54) is 32.4 Å². The van der Waals surface area contributed by atoms with Gasteiger partial charge in [0.1, 0.15) is 5.75 Å². The molecule has 2 saturated carbocycles. The van der Waals surface area contributed by atoms with Gasteiger partial charge in [-0.25, -0.2) is 0 Å². The molecule has 3 aliphatic rings. The quantitative estimate of drug-likeness (QED) is 0.674. The maximum Gasteiger partial charge on any atom is 0.224 e. The zero-order valence-electron chi connectivity index (χ0n) is 16.4. The van der Waals surface area contributed by atoms with Gasteiger partial charge < -0.3 is 15.4 Å². The highest BCUT2D eigenvalue weighted by atomic mass is 31.0. The summed E-state index contributed by atoms with van der Waals surface area (Å²) in [4.78, 5) is 12.0. The van der Waals surface area contributed by atoms with Crippen LogP contribution in [0.15, 0.2) is 18.2 Å². The Balaban J connectivity index is 1.22. The molecule has 0 aromatic heterocycles. The van der Waals surface area contributed by atoms with Gasteiger partial charge >= 0.3 is 0 Å². The summed E-state index contributed by atoms with van der Waals surface area (Å²) in [5.41, 5.74) is 1.61. The zero-order valence-corrected chi connectivity index (χ0v) is 17.6. The topological polar surface area (TPSA) is 50.4 Å². The summed E-state index contributed by atoms with van der Waals surface area (Å²) >= 11 is 0. The van der Waals surface area contributed by atoms with Crippen molar-refractivity contribution in [2.24, 2.45) is 17.3 Å². The number of benzene rings is 1. The molecule has 1 aromatic rings. The Labute approximate surface area is 165 Å². The average molecular weight is 388 g/mol. The number of ether oxygens (including phenoxy) is 1. The molecule has 1 aromatic carbocycles. The van der Waals surface area contributed by atoms with Gasteiger partial charge in [0, 0.05) is 6.04 Å². The predicted molar refractivity (Wildman–Crippen MR) is 113 cm³/mol. The molecule has 0 bridgehead atoms. The van der Waals surface area contributed by atoms with Crippen LogP contribution < -0.4 is 20.7 Å². The van der Waals surface area contributed by atoms with Gasteiger partial charge in [0.15, 0.2) is 0 Å². The molecule has 0 spiro atoms. The Morgan fingerprint density at radius 3 is 2.78 bits per heavy atom. The second kappa shape index (κ2) is 8.09. The van der Waals surface area contributed by atoms with E-state index in [0.29, 0.717) is 17.9 Å². The molecule has 0 radical (unpaired) electrons. The van der Waals surface area contributed by atoms with Gasteiger partial charge in [-0.3, -0.25) is 4.79 Å². The number of rotatable bonds is 8. The minimum atomic E-state index is 0.126. The van der Waals surface area contributed by atoms with Crippen LogP contribution in [0, 0.1) is 17.3 Å². The van der Waals surface area contributed by atoms with E-state index in [1.54, 1.807) is 0 Å². The summed E-state index contributed by atoms with van der Waals surface area (Å²) in [7, 11) is 2.75. The molecule has 3 unspecified atom stereocenters. The molecule has 2 N–H and O–H groups in total. The summed E-state index contributed by atoms with van der Waals surface area (Å²) in [6.45, 7) is 5.64. The van der Waals surface area contributed by atoms with E-state index in [0.717, 1.165) is 54.3 Å². The number of piperidine rings is 1. The third-order valence-corrected chi connectivity index (χ3v) is 7.41. The SMILES string of the molecule is CC1(C2CCNCC2)CC1CCOc1ccc(CC(=O)NC2CC2)c(P)c1. The average Bonchev–Trinajstić information content (AvgIpc) is 3.57. The molecule has 1 saturated heterocycles. The van der Waals surface area contributed by atoms with Crippen molar-refractivity contribution in [3.8, 4) is 5.75 Å². The van der Waals surface area contributed by atoms with E-state index >= 15 is 0 Å². The highest BCUT2D eigenvalue weighted by molar-refractivity contribution is 7.27. The molecule has 3 atom stereocenters. The molecule has 4 nitrogen and oxygen atoms in total. The van der Waals surface area contributed by atoms with Gasteiger partial charge in [-0.2, -0.15) is 0 Å². The highest BCUT2D eigenvalue weighted by Crippen LogP contribution is 2.61. The van der Waals surface area contributed by atoms with Crippen molar-refractivity contribution in [1.29, 1.82) is 0 Å². The molecule has 1 amide bonds. The fourth-order valence-electron chi connectivity index (χ4n) is 4.71. The predicted octanol–water partition coefficient (Wildman–Crippen LogP) is 2.80. The molecule has 1 heterocycles. The van der Waals surface area contributed by atoms with Gasteiger partial charge in [0.05, 0.1) is 13.0 Å². The highest BCUT2D eigenvalue weighted by Gasteiger charge is 2.54.